The number of hydrogen-bond acceptors (Lipinski definition) is 3. The van der Waals surface area contributed by atoms with Gasteiger partial charge in [-0.25, -0.2) is 9.97 Å². The number of nitrogens with zero attached hydrogens (tertiary/aromatic N) is 3. The third-order valence-corrected chi connectivity index (χ3v) is 3.65. The van der Waals surface area contributed by atoms with Gasteiger partial charge < -0.3 is 9.67 Å². The highest BCUT2D eigenvalue weighted by Gasteiger charge is 2.11. The highest BCUT2D eigenvalue weighted by atomic mass is 35.5. The minimum Gasteiger partial charge on any atom is -0.396 e. The van der Waals surface area contributed by atoms with Crippen LogP contribution in [0.5, 0.6) is 0 Å². The van der Waals surface area contributed by atoms with Gasteiger partial charge in [-0.1, -0.05) is 23.7 Å². The van der Waals surface area contributed by atoms with Crippen molar-refractivity contribution in [3.05, 3.63) is 59.0 Å². The molecule has 2 heterocycles. The van der Waals surface area contributed by atoms with E-state index in [9.17, 15) is 0 Å². The van der Waals surface area contributed by atoms with Crippen LogP contribution in [0.3, 0.4) is 0 Å². The molecular formula is C16H16ClN3O. The summed E-state index contributed by atoms with van der Waals surface area (Å²) >= 11 is 5.92. The Kier molecular flexibility index (Phi) is 4.18. The summed E-state index contributed by atoms with van der Waals surface area (Å²) in [7, 11) is 0. The molecule has 0 spiro atoms. The molecule has 0 saturated carbocycles. The van der Waals surface area contributed by atoms with Gasteiger partial charge >= 0.3 is 0 Å². The Hall–Kier alpha value is -1.91. The standard InChI is InChI=1S/C16H16ClN3O/c17-13-6-4-12(5-7-13)11-15-19-14-3-1-8-18-16(14)20(15)9-2-10-21/h1,3-8,21H,2,9-11H2. The third-order valence-electron chi connectivity index (χ3n) is 3.40. The van der Waals surface area contributed by atoms with Crippen LogP contribution in [0.1, 0.15) is 17.8 Å². The number of pyridine rings is 1. The van der Waals surface area contributed by atoms with Crippen LogP contribution in [-0.4, -0.2) is 26.2 Å². The fraction of sp³-hybridized carbons (Fsp3) is 0.250. The summed E-state index contributed by atoms with van der Waals surface area (Å²) in [5, 5.41) is 9.81. The van der Waals surface area contributed by atoms with E-state index in [-0.39, 0.29) is 6.61 Å². The summed E-state index contributed by atoms with van der Waals surface area (Å²) in [6.45, 7) is 0.875. The number of aromatic nitrogens is 3. The normalized spacial score (nSPS) is 11.1. The Balaban J connectivity index is 1.97. The van der Waals surface area contributed by atoms with E-state index in [0.717, 1.165) is 34.0 Å². The maximum Gasteiger partial charge on any atom is 0.159 e. The van der Waals surface area contributed by atoms with Crippen molar-refractivity contribution in [2.75, 3.05) is 6.61 Å². The number of halogens is 1. The van der Waals surface area contributed by atoms with Crippen molar-refractivity contribution in [3.63, 3.8) is 0 Å². The first-order valence-electron chi connectivity index (χ1n) is 6.93. The Morgan fingerprint density at radius 3 is 2.71 bits per heavy atom. The van der Waals surface area contributed by atoms with Crippen LogP contribution in [0.4, 0.5) is 0 Å². The lowest BCUT2D eigenvalue weighted by Crippen LogP contribution is -2.06. The number of rotatable bonds is 5. The first-order valence-corrected chi connectivity index (χ1v) is 7.31. The number of benzene rings is 1. The van der Waals surface area contributed by atoms with Gasteiger partial charge in [0.05, 0.1) is 0 Å². The third kappa shape index (κ3) is 3.06. The molecule has 0 bridgehead atoms. The average molecular weight is 302 g/mol. The molecule has 0 atom stereocenters. The fourth-order valence-corrected chi connectivity index (χ4v) is 2.51. The SMILES string of the molecule is OCCCn1c(Cc2ccc(Cl)cc2)nc2cccnc21. The minimum atomic E-state index is 0.160. The Labute approximate surface area is 128 Å². The Morgan fingerprint density at radius 2 is 1.95 bits per heavy atom. The lowest BCUT2D eigenvalue weighted by Gasteiger charge is -2.08. The molecule has 0 aliphatic carbocycles. The molecule has 3 rings (SSSR count). The van der Waals surface area contributed by atoms with Gasteiger partial charge in [-0.3, -0.25) is 0 Å². The molecule has 0 fully saturated rings. The first-order chi connectivity index (χ1) is 10.3. The van der Waals surface area contributed by atoms with Crippen LogP contribution < -0.4 is 0 Å². The summed E-state index contributed by atoms with van der Waals surface area (Å²) in [4.78, 5) is 9.08. The molecule has 0 aliphatic heterocycles. The summed E-state index contributed by atoms with van der Waals surface area (Å²) in [6.07, 6.45) is 3.18. The van der Waals surface area contributed by atoms with E-state index in [1.165, 1.54) is 0 Å². The van der Waals surface area contributed by atoms with Crippen molar-refractivity contribution in [2.45, 2.75) is 19.4 Å². The predicted molar refractivity (Wildman–Crippen MR) is 83.5 cm³/mol. The molecule has 0 saturated heterocycles. The molecule has 2 aromatic heterocycles. The van der Waals surface area contributed by atoms with E-state index in [4.69, 9.17) is 16.7 Å². The summed E-state index contributed by atoms with van der Waals surface area (Å²) in [5.74, 6) is 0.958. The zero-order valence-electron chi connectivity index (χ0n) is 11.5. The molecule has 0 amide bonds. The first kappa shape index (κ1) is 14.0. The molecule has 0 radical (unpaired) electrons. The highest BCUT2D eigenvalue weighted by Crippen LogP contribution is 2.18. The number of aliphatic hydroxyl groups excluding tert-OH is 1. The Morgan fingerprint density at radius 1 is 1.14 bits per heavy atom. The molecule has 0 aliphatic rings. The molecule has 4 nitrogen and oxygen atoms in total. The minimum absolute atomic E-state index is 0.160. The lowest BCUT2D eigenvalue weighted by molar-refractivity contribution is 0.280. The highest BCUT2D eigenvalue weighted by molar-refractivity contribution is 6.30. The second kappa shape index (κ2) is 6.24. The molecular weight excluding hydrogens is 286 g/mol. The van der Waals surface area contributed by atoms with Crippen molar-refractivity contribution in [2.24, 2.45) is 0 Å². The topological polar surface area (TPSA) is 50.9 Å². The van der Waals surface area contributed by atoms with E-state index in [1.54, 1.807) is 6.20 Å². The van der Waals surface area contributed by atoms with Gasteiger partial charge in [-0.15, -0.1) is 0 Å². The van der Waals surface area contributed by atoms with Crippen molar-refractivity contribution in [3.8, 4) is 0 Å². The zero-order valence-corrected chi connectivity index (χ0v) is 12.3. The summed E-state index contributed by atoms with van der Waals surface area (Å²) in [6, 6.07) is 11.6. The van der Waals surface area contributed by atoms with Crippen LogP contribution in [0, 0.1) is 0 Å². The smallest absolute Gasteiger partial charge is 0.159 e. The number of imidazole rings is 1. The van der Waals surface area contributed by atoms with Crippen molar-refractivity contribution >= 4 is 22.8 Å². The van der Waals surface area contributed by atoms with Gasteiger partial charge in [0.1, 0.15) is 11.3 Å². The van der Waals surface area contributed by atoms with Crippen molar-refractivity contribution in [1.29, 1.82) is 0 Å². The number of aliphatic hydroxyl groups is 1. The van der Waals surface area contributed by atoms with E-state index in [0.29, 0.717) is 13.0 Å². The summed E-state index contributed by atoms with van der Waals surface area (Å²) < 4.78 is 2.08. The van der Waals surface area contributed by atoms with Crippen LogP contribution in [-0.2, 0) is 13.0 Å². The van der Waals surface area contributed by atoms with Crippen molar-refractivity contribution in [1.82, 2.24) is 14.5 Å². The molecule has 1 aromatic carbocycles. The van der Waals surface area contributed by atoms with E-state index in [2.05, 4.69) is 14.5 Å². The van der Waals surface area contributed by atoms with Gasteiger partial charge in [-0.2, -0.15) is 0 Å². The molecule has 0 unspecified atom stereocenters. The second-order valence-corrected chi connectivity index (χ2v) is 5.34. The van der Waals surface area contributed by atoms with Crippen LogP contribution in [0.2, 0.25) is 5.02 Å². The molecule has 108 valence electrons. The van der Waals surface area contributed by atoms with Gasteiger partial charge in [0.2, 0.25) is 0 Å². The Bertz CT molecular complexity index is 737. The van der Waals surface area contributed by atoms with Crippen LogP contribution >= 0.6 is 11.6 Å². The zero-order chi connectivity index (χ0) is 14.7. The van der Waals surface area contributed by atoms with Gasteiger partial charge in [-0.05, 0) is 36.2 Å². The van der Waals surface area contributed by atoms with Crippen LogP contribution in [0.25, 0.3) is 11.2 Å². The second-order valence-electron chi connectivity index (χ2n) is 4.91. The fourth-order valence-electron chi connectivity index (χ4n) is 2.39. The van der Waals surface area contributed by atoms with Gasteiger partial charge in [0.25, 0.3) is 0 Å². The lowest BCUT2D eigenvalue weighted by atomic mass is 10.1. The van der Waals surface area contributed by atoms with Gasteiger partial charge in [0, 0.05) is 30.8 Å². The molecule has 21 heavy (non-hydrogen) atoms. The number of aryl methyl sites for hydroxylation is 1. The maximum absolute atomic E-state index is 9.08. The molecule has 3 aromatic rings. The molecule has 5 heteroatoms. The largest absolute Gasteiger partial charge is 0.396 e. The number of hydrogen-bond donors (Lipinski definition) is 1. The maximum atomic E-state index is 9.08. The summed E-state index contributed by atoms with van der Waals surface area (Å²) in [5.41, 5.74) is 2.91. The van der Waals surface area contributed by atoms with Crippen molar-refractivity contribution < 1.29 is 5.11 Å². The van der Waals surface area contributed by atoms with Gasteiger partial charge in [0.15, 0.2) is 5.65 Å². The predicted octanol–water partition coefficient (Wildman–Crippen LogP) is 3.06. The van der Waals surface area contributed by atoms with Crippen LogP contribution in [0.15, 0.2) is 42.6 Å². The van der Waals surface area contributed by atoms with E-state index < -0.39 is 0 Å². The van der Waals surface area contributed by atoms with E-state index >= 15 is 0 Å². The van der Waals surface area contributed by atoms with E-state index in [1.807, 2.05) is 36.4 Å². The molecule has 1 N–H and O–H groups in total. The number of fused-ring (bicyclic) bond motifs is 1. The monoisotopic (exact) mass is 301 g/mol. The average Bonchev–Trinajstić information content (AvgIpc) is 2.85. The quantitative estimate of drug-likeness (QED) is 0.788.